The summed E-state index contributed by atoms with van der Waals surface area (Å²) in [5.74, 6) is 0.672. The predicted molar refractivity (Wildman–Crippen MR) is 89.5 cm³/mol. The van der Waals surface area contributed by atoms with Gasteiger partial charge >= 0.3 is 0 Å². The number of piperazine rings is 1. The third kappa shape index (κ3) is 2.54. The molecule has 3 aliphatic rings. The number of nitrogens with one attached hydrogen (secondary N) is 2. The monoisotopic (exact) mass is 327 g/mol. The van der Waals surface area contributed by atoms with Gasteiger partial charge in [-0.3, -0.25) is 9.59 Å². The zero-order valence-electron chi connectivity index (χ0n) is 13.5. The number of amides is 2. The molecule has 3 aliphatic heterocycles. The van der Waals surface area contributed by atoms with E-state index in [1.54, 1.807) is 11.1 Å². The minimum absolute atomic E-state index is 0.1000. The fourth-order valence-corrected chi connectivity index (χ4v) is 3.60. The fraction of sp³-hybridized carbons (Fsp3) is 0.471. The number of hydrogen-bond donors (Lipinski definition) is 2. The smallest absolute Gasteiger partial charge is 0.256 e. The molecule has 24 heavy (non-hydrogen) atoms. The molecular weight excluding hydrogens is 306 g/mol. The molecule has 7 heteroatoms. The first-order valence-electron chi connectivity index (χ1n) is 8.37. The van der Waals surface area contributed by atoms with Gasteiger partial charge in [0.05, 0.1) is 5.56 Å². The second kappa shape index (κ2) is 5.90. The Hall–Kier alpha value is -2.41. The molecule has 0 saturated carbocycles. The predicted octanol–water partition coefficient (Wildman–Crippen LogP) is 0.239. The molecule has 126 valence electrons. The summed E-state index contributed by atoms with van der Waals surface area (Å²) in [5.41, 5.74) is 2.30. The fourth-order valence-electron chi connectivity index (χ4n) is 3.60. The number of carbonyl (C=O) groups excluding carboxylic acids is 2. The van der Waals surface area contributed by atoms with Gasteiger partial charge in [0, 0.05) is 44.6 Å². The van der Waals surface area contributed by atoms with Crippen molar-refractivity contribution >= 4 is 17.6 Å². The minimum Gasteiger partial charge on any atom is -0.354 e. The number of pyridine rings is 1. The SMILES string of the molecule is C=C1CCC(N2Cc3cc(N4CCNCC4)ncc3C2=O)C(=O)N1. The highest BCUT2D eigenvalue weighted by atomic mass is 16.2. The van der Waals surface area contributed by atoms with Crippen LogP contribution in [0.25, 0.3) is 0 Å². The van der Waals surface area contributed by atoms with E-state index < -0.39 is 6.04 Å². The molecule has 0 aromatic carbocycles. The number of fused-ring (bicyclic) bond motifs is 1. The highest BCUT2D eigenvalue weighted by Gasteiger charge is 2.38. The van der Waals surface area contributed by atoms with Gasteiger partial charge < -0.3 is 20.4 Å². The lowest BCUT2D eigenvalue weighted by molar-refractivity contribution is -0.126. The van der Waals surface area contributed by atoms with Crippen molar-refractivity contribution in [2.45, 2.75) is 25.4 Å². The van der Waals surface area contributed by atoms with Crippen molar-refractivity contribution < 1.29 is 9.59 Å². The number of hydrogen-bond acceptors (Lipinski definition) is 5. The van der Waals surface area contributed by atoms with Crippen LogP contribution < -0.4 is 15.5 Å². The summed E-state index contributed by atoms with van der Waals surface area (Å²) < 4.78 is 0. The normalized spacial score (nSPS) is 24.2. The molecule has 2 fully saturated rings. The molecule has 7 nitrogen and oxygen atoms in total. The zero-order valence-corrected chi connectivity index (χ0v) is 13.5. The van der Waals surface area contributed by atoms with Gasteiger partial charge in [0.25, 0.3) is 5.91 Å². The summed E-state index contributed by atoms with van der Waals surface area (Å²) >= 11 is 0. The van der Waals surface area contributed by atoms with Crippen LogP contribution in [0.3, 0.4) is 0 Å². The van der Waals surface area contributed by atoms with E-state index >= 15 is 0 Å². The molecule has 2 N–H and O–H groups in total. The average Bonchev–Trinajstić information content (AvgIpc) is 2.92. The second-order valence-electron chi connectivity index (χ2n) is 6.52. The molecule has 0 radical (unpaired) electrons. The molecule has 2 amide bonds. The Morgan fingerprint density at radius 1 is 1.25 bits per heavy atom. The number of aromatic nitrogens is 1. The van der Waals surface area contributed by atoms with Crippen LogP contribution in [0.5, 0.6) is 0 Å². The number of anilines is 1. The number of rotatable bonds is 2. The van der Waals surface area contributed by atoms with Gasteiger partial charge in [-0.2, -0.15) is 0 Å². The standard InChI is InChI=1S/C17H21N5O2/c1-11-2-3-14(16(23)20-11)22-10-12-8-15(19-9-13(12)17(22)24)21-6-4-18-5-7-21/h8-9,14,18H,1-7,10H2,(H,20,23). The number of allylic oxidation sites excluding steroid dienone is 1. The van der Waals surface area contributed by atoms with Gasteiger partial charge in [0.15, 0.2) is 0 Å². The van der Waals surface area contributed by atoms with E-state index in [1.165, 1.54) is 0 Å². The van der Waals surface area contributed by atoms with E-state index in [1.807, 2.05) is 6.07 Å². The number of piperidine rings is 1. The van der Waals surface area contributed by atoms with Crippen LogP contribution in [-0.4, -0.2) is 53.9 Å². The Morgan fingerprint density at radius 2 is 2.04 bits per heavy atom. The van der Waals surface area contributed by atoms with E-state index in [0.717, 1.165) is 43.3 Å². The third-order valence-corrected chi connectivity index (χ3v) is 4.95. The summed E-state index contributed by atoms with van der Waals surface area (Å²) in [6, 6.07) is 1.58. The lowest BCUT2D eigenvalue weighted by atomic mass is 10.0. The van der Waals surface area contributed by atoms with Crippen LogP contribution in [0.4, 0.5) is 5.82 Å². The van der Waals surface area contributed by atoms with Crippen molar-refractivity contribution in [3.63, 3.8) is 0 Å². The average molecular weight is 327 g/mol. The van der Waals surface area contributed by atoms with Crippen molar-refractivity contribution in [1.29, 1.82) is 0 Å². The summed E-state index contributed by atoms with van der Waals surface area (Å²) in [6.45, 7) is 7.97. The molecule has 1 aromatic heterocycles. The molecule has 1 atom stereocenters. The Bertz CT molecular complexity index is 711. The Balaban J connectivity index is 1.55. The first-order valence-corrected chi connectivity index (χ1v) is 8.37. The van der Waals surface area contributed by atoms with Crippen molar-refractivity contribution in [3.8, 4) is 0 Å². The first kappa shape index (κ1) is 15.1. The Labute approximate surface area is 140 Å². The quantitative estimate of drug-likeness (QED) is 0.814. The second-order valence-corrected chi connectivity index (χ2v) is 6.52. The lowest BCUT2D eigenvalue weighted by Crippen LogP contribution is -2.49. The molecule has 1 aromatic rings. The molecular formula is C17H21N5O2. The summed E-state index contributed by atoms with van der Waals surface area (Å²) in [4.78, 5) is 33.2. The van der Waals surface area contributed by atoms with E-state index in [2.05, 4.69) is 27.1 Å². The van der Waals surface area contributed by atoms with Gasteiger partial charge in [-0.05, 0) is 24.5 Å². The molecule has 1 unspecified atom stereocenters. The third-order valence-electron chi connectivity index (χ3n) is 4.95. The van der Waals surface area contributed by atoms with Crippen LogP contribution in [0.15, 0.2) is 24.5 Å². The van der Waals surface area contributed by atoms with Gasteiger partial charge in [-0.25, -0.2) is 4.98 Å². The van der Waals surface area contributed by atoms with Crippen molar-refractivity contribution in [1.82, 2.24) is 20.5 Å². The van der Waals surface area contributed by atoms with E-state index in [9.17, 15) is 9.59 Å². The maximum absolute atomic E-state index is 12.7. The van der Waals surface area contributed by atoms with Crippen molar-refractivity contribution in [3.05, 3.63) is 35.7 Å². The van der Waals surface area contributed by atoms with Crippen LogP contribution in [0.1, 0.15) is 28.8 Å². The van der Waals surface area contributed by atoms with Gasteiger partial charge in [-0.15, -0.1) is 0 Å². The summed E-state index contributed by atoms with van der Waals surface area (Å²) in [5, 5.41) is 6.08. The van der Waals surface area contributed by atoms with Gasteiger partial charge in [0.2, 0.25) is 5.91 Å². The molecule has 4 rings (SSSR count). The molecule has 0 spiro atoms. The highest BCUT2D eigenvalue weighted by molar-refractivity contribution is 6.01. The van der Waals surface area contributed by atoms with E-state index in [4.69, 9.17) is 0 Å². The van der Waals surface area contributed by atoms with Crippen LogP contribution in [-0.2, 0) is 11.3 Å². The summed E-state index contributed by atoms with van der Waals surface area (Å²) in [6.07, 6.45) is 3.00. The first-order chi connectivity index (χ1) is 11.6. The van der Waals surface area contributed by atoms with Gasteiger partial charge in [-0.1, -0.05) is 6.58 Å². The topological polar surface area (TPSA) is 77.6 Å². The molecule has 0 bridgehead atoms. The Morgan fingerprint density at radius 3 is 2.79 bits per heavy atom. The summed E-state index contributed by atoms with van der Waals surface area (Å²) in [7, 11) is 0. The lowest BCUT2D eigenvalue weighted by Gasteiger charge is -2.30. The minimum atomic E-state index is -0.418. The van der Waals surface area contributed by atoms with E-state index in [0.29, 0.717) is 24.9 Å². The Kier molecular flexibility index (Phi) is 3.72. The van der Waals surface area contributed by atoms with Crippen molar-refractivity contribution in [2.75, 3.05) is 31.1 Å². The number of nitrogens with zero attached hydrogens (tertiary/aromatic N) is 3. The molecule has 4 heterocycles. The highest BCUT2D eigenvalue weighted by Crippen LogP contribution is 2.29. The maximum Gasteiger partial charge on any atom is 0.256 e. The largest absolute Gasteiger partial charge is 0.354 e. The zero-order chi connectivity index (χ0) is 16.7. The number of carbonyl (C=O) groups is 2. The van der Waals surface area contributed by atoms with Crippen LogP contribution >= 0.6 is 0 Å². The molecule has 2 saturated heterocycles. The maximum atomic E-state index is 12.7. The van der Waals surface area contributed by atoms with Crippen molar-refractivity contribution in [2.24, 2.45) is 0 Å². The van der Waals surface area contributed by atoms with Crippen LogP contribution in [0, 0.1) is 0 Å². The van der Waals surface area contributed by atoms with Gasteiger partial charge in [0.1, 0.15) is 11.9 Å². The van der Waals surface area contributed by atoms with Crippen LogP contribution in [0.2, 0.25) is 0 Å². The van der Waals surface area contributed by atoms with E-state index in [-0.39, 0.29) is 11.8 Å². The molecule has 0 aliphatic carbocycles.